The molecule has 0 bridgehead atoms. The quantitative estimate of drug-likeness (QED) is 0.818. The van der Waals surface area contributed by atoms with Gasteiger partial charge in [-0.25, -0.2) is 4.98 Å². The predicted molar refractivity (Wildman–Crippen MR) is 100 cm³/mol. The van der Waals surface area contributed by atoms with Gasteiger partial charge in [-0.05, 0) is 55.4 Å². The molecule has 0 saturated heterocycles. The lowest BCUT2D eigenvalue weighted by Gasteiger charge is -2.38. The Morgan fingerprint density at radius 3 is 3.04 bits per heavy atom. The van der Waals surface area contributed by atoms with Crippen LogP contribution in [-0.4, -0.2) is 28.7 Å². The second kappa shape index (κ2) is 7.37. The number of ether oxygens (including phenoxy) is 1. The molecule has 2 aromatic rings. The number of carbonyl (C=O) groups excluding carboxylic acids is 1. The van der Waals surface area contributed by atoms with Gasteiger partial charge in [0.1, 0.15) is 5.75 Å². The molecule has 0 radical (unpaired) electrons. The SMILES string of the molecule is Cc1ncsc1CCC(=O)NC(c1ccc2c(c1)CCO2)C1CC(O)C1. The third kappa shape index (κ3) is 3.62. The van der Waals surface area contributed by atoms with Crippen molar-refractivity contribution in [1.82, 2.24) is 10.3 Å². The maximum Gasteiger partial charge on any atom is 0.220 e. The lowest BCUT2D eigenvalue weighted by Crippen LogP contribution is -2.41. The van der Waals surface area contributed by atoms with Crippen molar-refractivity contribution in [2.75, 3.05) is 6.61 Å². The number of benzene rings is 1. The van der Waals surface area contributed by atoms with Crippen molar-refractivity contribution in [3.8, 4) is 5.75 Å². The minimum atomic E-state index is -0.239. The Bertz CT molecular complexity index is 798. The van der Waals surface area contributed by atoms with Crippen LogP contribution in [0, 0.1) is 12.8 Å². The van der Waals surface area contributed by atoms with Crippen molar-refractivity contribution in [2.45, 2.75) is 51.2 Å². The van der Waals surface area contributed by atoms with E-state index >= 15 is 0 Å². The molecule has 26 heavy (non-hydrogen) atoms. The largest absolute Gasteiger partial charge is 0.493 e. The smallest absolute Gasteiger partial charge is 0.220 e. The van der Waals surface area contributed by atoms with Crippen molar-refractivity contribution < 1.29 is 14.6 Å². The van der Waals surface area contributed by atoms with E-state index in [1.165, 1.54) is 10.4 Å². The van der Waals surface area contributed by atoms with E-state index < -0.39 is 0 Å². The number of aliphatic hydroxyl groups excluding tert-OH is 1. The van der Waals surface area contributed by atoms with E-state index in [-0.39, 0.29) is 18.1 Å². The molecule has 5 nitrogen and oxygen atoms in total. The average Bonchev–Trinajstić information content (AvgIpc) is 3.23. The maximum absolute atomic E-state index is 12.6. The molecule has 1 aromatic carbocycles. The molecule has 6 heteroatoms. The molecule has 1 fully saturated rings. The second-order valence-corrected chi connectivity index (χ2v) is 8.20. The summed E-state index contributed by atoms with van der Waals surface area (Å²) in [6.45, 7) is 2.71. The number of aliphatic hydroxyl groups is 1. The first-order chi connectivity index (χ1) is 12.6. The Morgan fingerprint density at radius 2 is 2.31 bits per heavy atom. The summed E-state index contributed by atoms with van der Waals surface area (Å²) in [5, 5.41) is 12.9. The number of rotatable bonds is 6. The van der Waals surface area contributed by atoms with Crippen molar-refractivity contribution in [3.05, 3.63) is 45.4 Å². The van der Waals surface area contributed by atoms with Gasteiger partial charge in [-0.15, -0.1) is 11.3 Å². The van der Waals surface area contributed by atoms with Crippen molar-refractivity contribution in [2.24, 2.45) is 5.92 Å². The van der Waals surface area contributed by atoms with Crippen LogP contribution in [0.3, 0.4) is 0 Å². The van der Waals surface area contributed by atoms with E-state index in [1.54, 1.807) is 11.3 Å². The molecular formula is C20H24N2O3S. The fourth-order valence-corrected chi connectivity index (χ4v) is 4.60. The number of hydrogen-bond acceptors (Lipinski definition) is 5. The molecular weight excluding hydrogens is 348 g/mol. The van der Waals surface area contributed by atoms with Crippen LogP contribution in [0.4, 0.5) is 0 Å². The number of hydrogen-bond donors (Lipinski definition) is 2. The van der Waals surface area contributed by atoms with E-state index in [4.69, 9.17) is 4.74 Å². The minimum absolute atomic E-state index is 0.0423. The van der Waals surface area contributed by atoms with Crippen LogP contribution in [0.25, 0.3) is 0 Å². The highest BCUT2D eigenvalue weighted by Gasteiger charge is 2.36. The molecule has 2 heterocycles. The number of nitrogens with one attached hydrogen (secondary N) is 1. The van der Waals surface area contributed by atoms with E-state index in [0.717, 1.165) is 49.3 Å². The van der Waals surface area contributed by atoms with Crippen LogP contribution in [0.1, 0.15) is 47.0 Å². The number of thiazole rings is 1. The number of aryl methyl sites for hydroxylation is 2. The number of fused-ring (bicyclic) bond motifs is 1. The average molecular weight is 372 g/mol. The first-order valence-electron chi connectivity index (χ1n) is 9.22. The van der Waals surface area contributed by atoms with Gasteiger partial charge in [0.2, 0.25) is 5.91 Å². The lowest BCUT2D eigenvalue weighted by atomic mass is 9.74. The summed E-state index contributed by atoms with van der Waals surface area (Å²) in [4.78, 5) is 18.0. The highest BCUT2D eigenvalue weighted by atomic mass is 32.1. The minimum Gasteiger partial charge on any atom is -0.493 e. The third-order valence-electron chi connectivity index (χ3n) is 5.43. The zero-order valence-corrected chi connectivity index (χ0v) is 15.7. The van der Waals surface area contributed by atoms with Gasteiger partial charge in [-0.1, -0.05) is 6.07 Å². The van der Waals surface area contributed by atoms with E-state index in [0.29, 0.717) is 12.3 Å². The Hall–Kier alpha value is -1.92. The molecule has 2 aliphatic rings. The Morgan fingerprint density at radius 1 is 1.46 bits per heavy atom. The van der Waals surface area contributed by atoms with Crippen molar-refractivity contribution in [3.63, 3.8) is 0 Å². The number of carbonyl (C=O) groups is 1. The van der Waals surface area contributed by atoms with Gasteiger partial charge in [0, 0.05) is 17.7 Å². The van der Waals surface area contributed by atoms with Gasteiger partial charge in [0.15, 0.2) is 0 Å². The van der Waals surface area contributed by atoms with Crippen LogP contribution in [-0.2, 0) is 17.6 Å². The van der Waals surface area contributed by atoms with Gasteiger partial charge in [-0.2, -0.15) is 0 Å². The van der Waals surface area contributed by atoms with Crippen molar-refractivity contribution >= 4 is 17.2 Å². The number of amides is 1. The first-order valence-corrected chi connectivity index (χ1v) is 10.1. The lowest BCUT2D eigenvalue weighted by molar-refractivity contribution is -0.123. The van der Waals surface area contributed by atoms with Crippen molar-refractivity contribution in [1.29, 1.82) is 0 Å². The molecule has 1 aliphatic carbocycles. The molecule has 1 amide bonds. The Labute approximate surface area is 157 Å². The summed E-state index contributed by atoms with van der Waals surface area (Å²) in [6.07, 6.45) is 3.35. The first kappa shape index (κ1) is 17.5. The molecule has 1 unspecified atom stereocenters. The molecule has 0 spiro atoms. The monoisotopic (exact) mass is 372 g/mol. The summed E-state index contributed by atoms with van der Waals surface area (Å²) in [7, 11) is 0. The number of nitrogens with zero attached hydrogens (tertiary/aromatic N) is 1. The maximum atomic E-state index is 12.6. The molecule has 138 valence electrons. The van der Waals surface area contributed by atoms with Gasteiger partial charge < -0.3 is 15.2 Å². The van der Waals surface area contributed by atoms with E-state index in [9.17, 15) is 9.90 Å². The van der Waals surface area contributed by atoms with Gasteiger partial charge >= 0.3 is 0 Å². The normalized spacial score (nSPS) is 22.2. The zero-order chi connectivity index (χ0) is 18.1. The van der Waals surface area contributed by atoms with Gasteiger partial charge in [0.05, 0.1) is 30.0 Å². The van der Waals surface area contributed by atoms with E-state index in [1.807, 2.05) is 24.6 Å². The molecule has 1 aliphatic heterocycles. The predicted octanol–water partition coefficient (Wildman–Crippen LogP) is 2.95. The molecule has 2 N–H and O–H groups in total. The van der Waals surface area contributed by atoms with Crippen LogP contribution in [0.15, 0.2) is 23.7 Å². The van der Waals surface area contributed by atoms with E-state index in [2.05, 4.69) is 16.4 Å². The fourth-order valence-electron chi connectivity index (χ4n) is 3.81. The Balaban J connectivity index is 1.45. The number of aromatic nitrogens is 1. The summed E-state index contributed by atoms with van der Waals surface area (Å²) >= 11 is 1.60. The van der Waals surface area contributed by atoms with Gasteiger partial charge in [-0.3, -0.25) is 4.79 Å². The molecule has 1 aromatic heterocycles. The summed E-state index contributed by atoms with van der Waals surface area (Å²) in [6, 6.07) is 6.17. The molecule has 1 atom stereocenters. The summed E-state index contributed by atoms with van der Waals surface area (Å²) in [5.74, 6) is 1.30. The second-order valence-electron chi connectivity index (χ2n) is 7.26. The standard InChI is InChI=1S/C20H24N2O3S/c1-12-18(26-11-21-12)4-5-19(24)22-20(15-9-16(23)10-15)14-2-3-17-13(8-14)6-7-25-17/h2-3,8,11,15-16,20,23H,4-7,9-10H2,1H3,(H,22,24). The highest BCUT2D eigenvalue weighted by Crippen LogP contribution is 2.39. The molecule has 4 rings (SSSR count). The summed E-state index contributed by atoms with van der Waals surface area (Å²) in [5.41, 5.74) is 5.17. The Kier molecular flexibility index (Phi) is 4.96. The van der Waals surface area contributed by atoms with Gasteiger partial charge in [0.25, 0.3) is 0 Å². The topological polar surface area (TPSA) is 71.5 Å². The van der Waals surface area contributed by atoms with Crippen LogP contribution in [0.2, 0.25) is 0 Å². The third-order valence-corrected chi connectivity index (χ3v) is 6.43. The fraction of sp³-hybridized carbons (Fsp3) is 0.500. The highest BCUT2D eigenvalue weighted by molar-refractivity contribution is 7.09. The summed E-state index contributed by atoms with van der Waals surface area (Å²) < 4.78 is 5.59. The molecule has 1 saturated carbocycles. The van der Waals surface area contributed by atoms with Crippen LogP contribution < -0.4 is 10.1 Å². The van der Waals surface area contributed by atoms with Crippen LogP contribution in [0.5, 0.6) is 5.75 Å². The van der Waals surface area contributed by atoms with Crippen LogP contribution >= 0.6 is 11.3 Å². The zero-order valence-electron chi connectivity index (χ0n) is 14.9.